The normalized spacial score (nSPS) is 13.3. The van der Waals surface area contributed by atoms with Crippen LogP contribution in [0, 0.1) is 0 Å². The second-order valence-electron chi connectivity index (χ2n) is 2.17. The van der Waals surface area contributed by atoms with Gasteiger partial charge in [-0.1, -0.05) is 18.7 Å². The summed E-state index contributed by atoms with van der Waals surface area (Å²) in [6, 6.07) is 0. The molecule has 0 amide bonds. The van der Waals surface area contributed by atoms with E-state index in [4.69, 9.17) is 9.52 Å². The maximum absolute atomic E-state index is 9.17. The maximum atomic E-state index is 9.17. The lowest BCUT2D eigenvalue weighted by atomic mass is 10.3. The van der Waals surface area contributed by atoms with E-state index in [2.05, 4.69) is 4.98 Å². The third kappa shape index (κ3) is 2.95. The summed E-state index contributed by atoms with van der Waals surface area (Å²) in [6.07, 6.45) is 3.64. The average molecular weight is 173 g/mol. The van der Waals surface area contributed by atoms with Gasteiger partial charge < -0.3 is 9.52 Å². The van der Waals surface area contributed by atoms with Crippen LogP contribution in [0.1, 0.15) is 13.3 Å². The molecule has 1 rings (SSSR count). The number of thioether (sulfide) groups is 1. The first-order valence-electron chi connectivity index (χ1n) is 3.53. The number of hydrogen-bond donors (Lipinski definition) is 1. The Bertz CT molecular complexity index is 188. The molecular weight excluding hydrogens is 162 g/mol. The van der Waals surface area contributed by atoms with Gasteiger partial charge in [-0.15, -0.1) is 0 Å². The molecule has 1 aromatic rings. The summed E-state index contributed by atoms with van der Waals surface area (Å²) in [6.45, 7) is 1.95. The van der Waals surface area contributed by atoms with Gasteiger partial charge in [0.1, 0.15) is 6.26 Å². The van der Waals surface area contributed by atoms with Crippen LogP contribution in [0.15, 0.2) is 22.1 Å². The van der Waals surface area contributed by atoms with Gasteiger partial charge in [0.2, 0.25) is 0 Å². The predicted molar refractivity (Wildman–Crippen MR) is 43.5 cm³/mol. The van der Waals surface area contributed by atoms with Crippen molar-refractivity contribution in [2.75, 3.05) is 5.75 Å². The van der Waals surface area contributed by atoms with Crippen molar-refractivity contribution in [3.8, 4) is 0 Å². The van der Waals surface area contributed by atoms with Crippen molar-refractivity contribution >= 4 is 11.8 Å². The van der Waals surface area contributed by atoms with Gasteiger partial charge in [0.15, 0.2) is 0 Å². The zero-order valence-electron chi connectivity index (χ0n) is 6.36. The summed E-state index contributed by atoms with van der Waals surface area (Å²) in [7, 11) is 0. The molecule has 0 aliphatic rings. The molecule has 0 saturated carbocycles. The fraction of sp³-hybridized carbons (Fsp3) is 0.571. The Hall–Kier alpha value is -0.480. The van der Waals surface area contributed by atoms with Crippen molar-refractivity contribution in [3.63, 3.8) is 0 Å². The summed E-state index contributed by atoms with van der Waals surface area (Å²) in [4.78, 5) is 3.91. The average Bonchev–Trinajstić information content (AvgIpc) is 2.52. The predicted octanol–water partition coefficient (Wildman–Crippen LogP) is 1.54. The summed E-state index contributed by atoms with van der Waals surface area (Å²) in [5, 5.41) is 9.79. The largest absolute Gasteiger partial charge is 0.440 e. The molecule has 0 radical (unpaired) electrons. The highest BCUT2D eigenvalue weighted by Crippen LogP contribution is 2.16. The van der Waals surface area contributed by atoms with Gasteiger partial charge in [0, 0.05) is 5.75 Å². The monoisotopic (exact) mass is 173 g/mol. The number of hydrogen-bond acceptors (Lipinski definition) is 4. The van der Waals surface area contributed by atoms with Crippen molar-refractivity contribution in [2.45, 2.75) is 24.7 Å². The van der Waals surface area contributed by atoms with E-state index in [1.54, 1.807) is 6.20 Å². The van der Waals surface area contributed by atoms with Gasteiger partial charge in [-0.3, -0.25) is 0 Å². The van der Waals surface area contributed by atoms with Crippen LogP contribution in [-0.4, -0.2) is 21.9 Å². The Morgan fingerprint density at radius 1 is 1.82 bits per heavy atom. The summed E-state index contributed by atoms with van der Waals surface area (Å²) >= 11 is 1.43. The molecule has 1 unspecified atom stereocenters. The lowest BCUT2D eigenvalue weighted by molar-refractivity contribution is 0.195. The number of aliphatic hydroxyl groups excluding tert-OH is 1. The number of aromatic nitrogens is 1. The van der Waals surface area contributed by atoms with Crippen molar-refractivity contribution in [3.05, 3.63) is 12.5 Å². The maximum Gasteiger partial charge on any atom is 0.255 e. The lowest BCUT2D eigenvalue weighted by Gasteiger charge is -2.02. The van der Waals surface area contributed by atoms with Crippen LogP contribution in [0.5, 0.6) is 0 Å². The van der Waals surface area contributed by atoms with Gasteiger partial charge >= 0.3 is 0 Å². The highest BCUT2D eigenvalue weighted by atomic mass is 32.2. The highest BCUT2D eigenvalue weighted by molar-refractivity contribution is 7.99. The first-order valence-corrected chi connectivity index (χ1v) is 4.52. The number of aliphatic hydroxyl groups is 1. The van der Waals surface area contributed by atoms with E-state index < -0.39 is 0 Å². The van der Waals surface area contributed by atoms with Gasteiger partial charge in [0.25, 0.3) is 5.22 Å². The van der Waals surface area contributed by atoms with E-state index in [0.717, 1.165) is 6.42 Å². The minimum absolute atomic E-state index is 0.258. The molecule has 0 spiro atoms. The molecule has 0 saturated heterocycles. The van der Waals surface area contributed by atoms with Crippen LogP contribution in [0.25, 0.3) is 0 Å². The molecular formula is C7H11NO2S. The van der Waals surface area contributed by atoms with E-state index in [-0.39, 0.29) is 6.10 Å². The second kappa shape index (κ2) is 4.41. The Balaban J connectivity index is 2.23. The van der Waals surface area contributed by atoms with E-state index in [9.17, 15) is 0 Å². The third-order valence-corrected chi connectivity index (χ3v) is 2.28. The fourth-order valence-corrected chi connectivity index (χ4v) is 1.40. The first-order chi connectivity index (χ1) is 5.33. The Morgan fingerprint density at radius 2 is 2.64 bits per heavy atom. The molecule has 1 aromatic heterocycles. The smallest absolute Gasteiger partial charge is 0.255 e. The van der Waals surface area contributed by atoms with Crippen molar-refractivity contribution in [1.29, 1.82) is 0 Å². The Kier molecular flexibility index (Phi) is 3.45. The summed E-state index contributed by atoms with van der Waals surface area (Å²) in [5.41, 5.74) is 0. The van der Waals surface area contributed by atoms with E-state index in [1.165, 1.54) is 18.0 Å². The van der Waals surface area contributed by atoms with E-state index in [0.29, 0.717) is 11.0 Å². The van der Waals surface area contributed by atoms with E-state index in [1.807, 2.05) is 6.92 Å². The van der Waals surface area contributed by atoms with Crippen LogP contribution in [0.2, 0.25) is 0 Å². The van der Waals surface area contributed by atoms with E-state index >= 15 is 0 Å². The standard InChI is InChI=1S/C7H11NO2S/c1-2-6(9)5-11-7-8-3-4-10-7/h3-4,6,9H,2,5H2,1H3. The van der Waals surface area contributed by atoms with Gasteiger partial charge in [-0.25, -0.2) is 4.98 Å². The minimum Gasteiger partial charge on any atom is -0.440 e. The molecule has 0 fully saturated rings. The molecule has 1 heterocycles. The number of rotatable bonds is 4. The van der Waals surface area contributed by atoms with Crippen molar-refractivity contribution < 1.29 is 9.52 Å². The molecule has 11 heavy (non-hydrogen) atoms. The van der Waals surface area contributed by atoms with Gasteiger partial charge in [-0.2, -0.15) is 0 Å². The van der Waals surface area contributed by atoms with Crippen molar-refractivity contribution in [2.24, 2.45) is 0 Å². The minimum atomic E-state index is -0.258. The summed E-state index contributed by atoms with van der Waals surface area (Å²) < 4.78 is 4.97. The molecule has 1 N–H and O–H groups in total. The van der Waals surface area contributed by atoms with Gasteiger partial charge in [-0.05, 0) is 6.42 Å². The van der Waals surface area contributed by atoms with Crippen LogP contribution in [0.3, 0.4) is 0 Å². The topological polar surface area (TPSA) is 46.3 Å². The molecule has 0 bridgehead atoms. The number of nitrogens with zero attached hydrogens (tertiary/aromatic N) is 1. The van der Waals surface area contributed by atoms with Crippen LogP contribution in [0.4, 0.5) is 0 Å². The molecule has 0 aliphatic carbocycles. The second-order valence-corrected chi connectivity index (χ2v) is 3.14. The molecule has 3 nitrogen and oxygen atoms in total. The fourth-order valence-electron chi connectivity index (χ4n) is 0.567. The van der Waals surface area contributed by atoms with Gasteiger partial charge in [0.05, 0.1) is 12.3 Å². The third-order valence-electron chi connectivity index (χ3n) is 1.28. The Morgan fingerprint density at radius 3 is 3.18 bits per heavy atom. The van der Waals surface area contributed by atoms with Crippen LogP contribution in [-0.2, 0) is 0 Å². The lowest BCUT2D eigenvalue weighted by Crippen LogP contribution is -2.06. The summed E-state index contributed by atoms with van der Waals surface area (Å²) in [5.74, 6) is 0.650. The first kappa shape index (κ1) is 8.62. The number of oxazole rings is 1. The molecule has 4 heteroatoms. The zero-order valence-corrected chi connectivity index (χ0v) is 7.17. The molecule has 0 aliphatic heterocycles. The zero-order chi connectivity index (χ0) is 8.10. The molecule has 62 valence electrons. The van der Waals surface area contributed by atoms with Crippen LogP contribution < -0.4 is 0 Å². The SMILES string of the molecule is CCC(O)CSc1ncco1. The molecule has 0 aromatic carbocycles. The highest BCUT2D eigenvalue weighted by Gasteiger charge is 2.03. The molecule has 1 atom stereocenters. The van der Waals surface area contributed by atoms with Crippen LogP contribution >= 0.6 is 11.8 Å². The Labute approximate surface area is 69.8 Å². The van der Waals surface area contributed by atoms with Crippen molar-refractivity contribution in [1.82, 2.24) is 4.98 Å². The quantitative estimate of drug-likeness (QED) is 0.701.